The number of nitrogens with one attached hydrogen (secondary N) is 2. The first-order valence-electron chi connectivity index (χ1n) is 8.42. The Morgan fingerprint density at radius 2 is 1.89 bits per heavy atom. The van der Waals surface area contributed by atoms with E-state index in [1.54, 1.807) is 32.9 Å². The molecule has 2 heterocycles. The monoisotopic (exact) mass is 407 g/mol. The summed E-state index contributed by atoms with van der Waals surface area (Å²) in [5.74, 6) is -1.27. The summed E-state index contributed by atoms with van der Waals surface area (Å²) in [5.41, 5.74) is -1.81. The number of ketones is 1. The molecule has 28 heavy (non-hydrogen) atoms. The Balaban J connectivity index is 1.85. The van der Waals surface area contributed by atoms with Crippen LogP contribution in [0.5, 0.6) is 0 Å². The molecular weight excluding hydrogens is 386 g/mol. The molecule has 2 rings (SSSR count). The van der Waals surface area contributed by atoms with Gasteiger partial charge in [0.15, 0.2) is 6.61 Å². The van der Waals surface area contributed by atoms with Crippen molar-refractivity contribution in [2.75, 3.05) is 6.61 Å². The fourth-order valence-electron chi connectivity index (χ4n) is 2.03. The summed E-state index contributed by atoms with van der Waals surface area (Å²) in [4.78, 5) is 61.5. The molecule has 0 aliphatic rings. The maximum atomic E-state index is 12.2. The number of aromatic nitrogens is 2. The third kappa shape index (κ3) is 6.02. The molecule has 0 aromatic carbocycles. The maximum Gasteiger partial charge on any atom is 0.328 e. The number of ether oxygens (including phenoxy) is 1. The van der Waals surface area contributed by atoms with Gasteiger partial charge in [-0.3, -0.25) is 28.7 Å². The fraction of sp³-hybridized carbons (Fsp3) is 0.389. The second-order valence-electron chi connectivity index (χ2n) is 7.02. The summed E-state index contributed by atoms with van der Waals surface area (Å²) < 4.78 is 5.86. The first kappa shape index (κ1) is 21.3. The van der Waals surface area contributed by atoms with E-state index >= 15 is 0 Å². The van der Waals surface area contributed by atoms with Gasteiger partial charge in [-0.1, -0.05) is 20.8 Å². The molecule has 10 heteroatoms. The summed E-state index contributed by atoms with van der Waals surface area (Å²) in [6, 6.07) is 4.43. The molecule has 2 aromatic heterocycles. The molecule has 0 spiro atoms. The van der Waals surface area contributed by atoms with Crippen molar-refractivity contribution in [3.63, 3.8) is 0 Å². The Bertz CT molecular complexity index is 995. The van der Waals surface area contributed by atoms with Crippen LogP contribution in [-0.4, -0.2) is 33.8 Å². The van der Waals surface area contributed by atoms with E-state index < -0.39 is 35.8 Å². The van der Waals surface area contributed by atoms with E-state index in [1.165, 1.54) is 17.5 Å². The van der Waals surface area contributed by atoms with E-state index in [2.05, 4.69) is 5.32 Å². The van der Waals surface area contributed by atoms with Crippen LogP contribution in [0.15, 0.2) is 34.0 Å². The van der Waals surface area contributed by atoms with Crippen LogP contribution in [0.1, 0.15) is 35.3 Å². The second kappa shape index (κ2) is 8.79. The lowest BCUT2D eigenvalue weighted by Gasteiger charge is -2.17. The molecule has 2 N–H and O–H groups in total. The highest BCUT2D eigenvalue weighted by Gasteiger charge is 2.21. The van der Waals surface area contributed by atoms with Gasteiger partial charge in [0.1, 0.15) is 6.54 Å². The molecule has 0 bridgehead atoms. The molecule has 0 aliphatic heterocycles. The van der Waals surface area contributed by atoms with Gasteiger partial charge < -0.3 is 10.1 Å². The van der Waals surface area contributed by atoms with Gasteiger partial charge in [0.05, 0.1) is 11.4 Å². The first-order chi connectivity index (χ1) is 13.1. The topological polar surface area (TPSA) is 127 Å². The number of carbonyl (C=O) groups excluding carboxylic acids is 3. The molecule has 0 saturated carbocycles. The average Bonchev–Trinajstić information content (AvgIpc) is 3.08. The molecule has 1 amide bonds. The van der Waals surface area contributed by atoms with Crippen LogP contribution >= 0.6 is 11.3 Å². The van der Waals surface area contributed by atoms with Crippen LogP contribution in [0.2, 0.25) is 0 Å². The largest absolute Gasteiger partial charge is 0.456 e. The van der Waals surface area contributed by atoms with E-state index in [0.29, 0.717) is 11.4 Å². The predicted molar refractivity (Wildman–Crippen MR) is 102 cm³/mol. The van der Waals surface area contributed by atoms with Crippen molar-refractivity contribution in [2.24, 2.45) is 5.41 Å². The number of H-pyrrole nitrogens is 1. The number of esters is 1. The van der Waals surface area contributed by atoms with Crippen molar-refractivity contribution in [3.05, 3.63) is 55.0 Å². The van der Waals surface area contributed by atoms with Crippen molar-refractivity contribution in [2.45, 2.75) is 33.9 Å². The Morgan fingerprint density at radius 3 is 2.54 bits per heavy atom. The molecule has 0 fully saturated rings. The number of Topliss-reactive ketones (excluding diaryl/α,β-unsaturated/α-hetero) is 1. The molecule has 0 unspecified atom stereocenters. The predicted octanol–water partition coefficient (Wildman–Crippen LogP) is 0.686. The lowest BCUT2D eigenvalue weighted by molar-refractivity contribution is -0.143. The van der Waals surface area contributed by atoms with Gasteiger partial charge >= 0.3 is 11.7 Å². The average molecular weight is 407 g/mol. The smallest absolute Gasteiger partial charge is 0.328 e. The van der Waals surface area contributed by atoms with Gasteiger partial charge in [-0.05, 0) is 12.1 Å². The van der Waals surface area contributed by atoms with Crippen molar-refractivity contribution >= 4 is 29.0 Å². The number of amides is 1. The van der Waals surface area contributed by atoms with Crippen molar-refractivity contribution in [1.29, 1.82) is 0 Å². The minimum atomic E-state index is -0.781. The second-order valence-corrected chi connectivity index (χ2v) is 8.19. The molecule has 0 saturated heterocycles. The summed E-state index contributed by atoms with van der Waals surface area (Å²) in [6.07, 6.45) is 1.17. The number of carbonyl (C=O) groups is 3. The summed E-state index contributed by atoms with van der Waals surface area (Å²) in [5, 5.41) is 2.80. The Morgan fingerprint density at radius 1 is 1.18 bits per heavy atom. The third-order valence-electron chi connectivity index (χ3n) is 3.60. The third-order valence-corrected chi connectivity index (χ3v) is 4.73. The highest BCUT2D eigenvalue weighted by atomic mass is 32.1. The highest BCUT2D eigenvalue weighted by molar-refractivity contribution is 7.14. The van der Waals surface area contributed by atoms with Gasteiger partial charge in [0, 0.05) is 22.6 Å². The fourth-order valence-corrected chi connectivity index (χ4v) is 2.90. The number of hydrogen-bond donors (Lipinski definition) is 2. The van der Waals surface area contributed by atoms with Crippen LogP contribution in [0.4, 0.5) is 0 Å². The van der Waals surface area contributed by atoms with Crippen LogP contribution in [-0.2, 0) is 27.4 Å². The highest BCUT2D eigenvalue weighted by Crippen LogP contribution is 2.18. The van der Waals surface area contributed by atoms with Gasteiger partial charge in [-0.15, -0.1) is 11.3 Å². The quantitative estimate of drug-likeness (QED) is 0.513. The molecule has 2 aromatic rings. The minimum Gasteiger partial charge on any atom is -0.456 e. The normalized spacial score (nSPS) is 11.1. The van der Waals surface area contributed by atoms with E-state index in [9.17, 15) is 24.0 Å². The molecule has 9 nitrogen and oxygen atoms in total. The number of aromatic amines is 1. The molecule has 0 atom stereocenters. The van der Waals surface area contributed by atoms with Crippen LogP contribution in [0.25, 0.3) is 0 Å². The maximum absolute atomic E-state index is 12.2. The van der Waals surface area contributed by atoms with Gasteiger partial charge in [0.25, 0.3) is 5.56 Å². The van der Waals surface area contributed by atoms with Crippen molar-refractivity contribution in [3.8, 4) is 0 Å². The van der Waals surface area contributed by atoms with E-state index in [4.69, 9.17) is 4.74 Å². The molecule has 150 valence electrons. The number of thiophene rings is 1. The number of rotatable bonds is 7. The van der Waals surface area contributed by atoms with Crippen LogP contribution < -0.4 is 16.6 Å². The van der Waals surface area contributed by atoms with E-state index in [-0.39, 0.29) is 11.7 Å². The zero-order chi connectivity index (χ0) is 20.9. The number of nitrogens with zero attached hydrogens (tertiary/aromatic N) is 1. The summed E-state index contributed by atoms with van der Waals surface area (Å²) in [6.45, 7) is 4.84. The first-order valence-corrected chi connectivity index (χ1v) is 9.23. The zero-order valence-corrected chi connectivity index (χ0v) is 16.6. The SMILES string of the molecule is CC(C)(C)C(=O)NCc1ccc(C(=O)COC(=O)Cn2ccc(=O)[nH]c2=O)s1. The lowest BCUT2D eigenvalue weighted by atomic mass is 9.96. The Hall–Kier alpha value is -3.01. The molecule has 0 radical (unpaired) electrons. The standard InChI is InChI=1S/C18H21N3O6S/c1-18(2,3)16(25)19-8-11-4-5-13(28-11)12(22)10-27-15(24)9-21-7-6-14(23)20-17(21)26/h4-7H,8-10H2,1-3H3,(H,19,25)(H,20,23,26). The molecule has 0 aliphatic carbocycles. The van der Waals surface area contributed by atoms with Gasteiger partial charge in [-0.25, -0.2) is 4.79 Å². The lowest BCUT2D eigenvalue weighted by Crippen LogP contribution is -2.34. The van der Waals surface area contributed by atoms with Gasteiger partial charge in [0.2, 0.25) is 11.7 Å². The Labute approximate surface area is 164 Å². The minimum absolute atomic E-state index is 0.0970. The van der Waals surface area contributed by atoms with Crippen molar-refractivity contribution < 1.29 is 19.1 Å². The van der Waals surface area contributed by atoms with Crippen LogP contribution in [0, 0.1) is 5.41 Å². The summed E-state index contributed by atoms with van der Waals surface area (Å²) >= 11 is 1.20. The summed E-state index contributed by atoms with van der Waals surface area (Å²) in [7, 11) is 0. The van der Waals surface area contributed by atoms with E-state index in [1.807, 2.05) is 4.98 Å². The van der Waals surface area contributed by atoms with Crippen molar-refractivity contribution in [1.82, 2.24) is 14.9 Å². The molecular formula is C18H21N3O6S. The van der Waals surface area contributed by atoms with E-state index in [0.717, 1.165) is 15.5 Å². The zero-order valence-electron chi connectivity index (χ0n) is 15.7. The van der Waals surface area contributed by atoms with Crippen LogP contribution in [0.3, 0.4) is 0 Å². The Kier molecular flexibility index (Phi) is 6.68. The number of hydrogen-bond acceptors (Lipinski definition) is 7. The van der Waals surface area contributed by atoms with Gasteiger partial charge in [-0.2, -0.15) is 0 Å².